The molecule has 4 nitrogen and oxygen atoms in total. The third-order valence-electron chi connectivity index (χ3n) is 4.35. The maximum absolute atomic E-state index is 13.1. The fourth-order valence-electron chi connectivity index (χ4n) is 3.12. The van der Waals surface area contributed by atoms with Gasteiger partial charge >= 0.3 is 0 Å². The predicted octanol–water partition coefficient (Wildman–Crippen LogP) is 4.20. The molecule has 0 aliphatic rings. The van der Waals surface area contributed by atoms with Gasteiger partial charge in [-0.05, 0) is 47.9 Å². The van der Waals surface area contributed by atoms with Gasteiger partial charge in [-0.25, -0.2) is 0 Å². The largest absolute Gasteiger partial charge is 0.497 e. The Labute approximate surface area is 144 Å². The van der Waals surface area contributed by atoms with Crippen molar-refractivity contribution in [3.05, 3.63) is 83.6 Å². The molecule has 4 aromatic rings. The van der Waals surface area contributed by atoms with Gasteiger partial charge in [0, 0.05) is 17.3 Å². The summed E-state index contributed by atoms with van der Waals surface area (Å²) in [7, 11) is 1.59. The zero-order valence-electron chi connectivity index (χ0n) is 13.6. The molecule has 0 saturated heterocycles. The van der Waals surface area contributed by atoms with Crippen molar-refractivity contribution < 1.29 is 9.53 Å². The van der Waals surface area contributed by atoms with Crippen molar-refractivity contribution in [2.24, 2.45) is 0 Å². The number of hydrogen-bond donors (Lipinski definition) is 0. The van der Waals surface area contributed by atoms with Gasteiger partial charge in [0.1, 0.15) is 11.8 Å². The smallest absolute Gasteiger partial charge is 0.195 e. The molecule has 0 fully saturated rings. The number of ketones is 1. The van der Waals surface area contributed by atoms with Crippen molar-refractivity contribution in [2.45, 2.75) is 0 Å². The molecule has 0 unspecified atom stereocenters. The number of carbonyl (C=O) groups is 1. The Bertz CT molecular complexity index is 1150. The molecule has 2 heterocycles. The lowest BCUT2D eigenvalue weighted by Crippen LogP contribution is -2.05. The van der Waals surface area contributed by atoms with E-state index in [4.69, 9.17) is 4.74 Å². The van der Waals surface area contributed by atoms with Crippen molar-refractivity contribution in [1.82, 2.24) is 4.40 Å². The molecule has 120 valence electrons. The summed E-state index contributed by atoms with van der Waals surface area (Å²) >= 11 is 0. The summed E-state index contributed by atoms with van der Waals surface area (Å²) in [6.45, 7) is 0. The fourth-order valence-corrected chi connectivity index (χ4v) is 3.12. The first-order valence-corrected chi connectivity index (χ1v) is 7.84. The third-order valence-corrected chi connectivity index (χ3v) is 4.35. The minimum atomic E-state index is -0.117. The van der Waals surface area contributed by atoms with Crippen molar-refractivity contribution in [1.29, 1.82) is 5.26 Å². The second-order valence-electron chi connectivity index (χ2n) is 5.73. The Morgan fingerprint density at radius 1 is 1.08 bits per heavy atom. The molecule has 2 aromatic carbocycles. The zero-order valence-corrected chi connectivity index (χ0v) is 13.6. The standard InChI is InChI=1S/C21H14N2O2/c1-25-17-8-6-14(7-9-17)21(24)18-12-15-4-2-3-5-19(15)23-11-10-16(13-22)20(18)23/h2-12H,1H3. The molecular formula is C21H14N2O2. The van der Waals surface area contributed by atoms with Crippen LogP contribution in [0, 0.1) is 11.3 Å². The minimum Gasteiger partial charge on any atom is -0.497 e. The number of rotatable bonds is 3. The topological polar surface area (TPSA) is 54.5 Å². The summed E-state index contributed by atoms with van der Waals surface area (Å²) in [6.07, 6.45) is 1.83. The number of nitriles is 1. The number of ether oxygens (including phenoxy) is 1. The number of nitrogens with zero attached hydrogens (tertiary/aromatic N) is 2. The number of carbonyl (C=O) groups excluding carboxylic acids is 1. The second kappa shape index (κ2) is 5.81. The van der Waals surface area contributed by atoms with E-state index in [0.717, 1.165) is 10.9 Å². The third kappa shape index (κ3) is 2.34. The van der Waals surface area contributed by atoms with Crippen LogP contribution in [0.3, 0.4) is 0 Å². The Kier molecular flexibility index (Phi) is 3.48. The molecule has 0 saturated carbocycles. The number of para-hydroxylation sites is 1. The highest BCUT2D eigenvalue weighted by atomic mass is 16.5. The fraction of sp³-hybridized carbons (Fsp3) is 0.0476. The molecular weight excluding hydrogens is 312 g/mol. The first-order chi connectivity index (χ1) is 12.2. The van der Waals surface area contributed by atoms with Crippen molar-refractivity contribution >= 4 is 22.2 Å². The molecule has 2 aromatic heterocycles. The van der Waals surface area contributed by atoms with Crippen molar-refractivity contribution in [3.8, 4) is 11.8 Å². The molecule has 0 bridgehead atoms. The van der Waals surface area contributed by atoms with Crippen LogP contribution in [0.1, 0.15) is 21.5 Å². The van der Waals surface area contributed by atoms with E-state index in [1.54, 1.807) is 37.4 Å². The predicted molar refractivity (Wildman–Crippen MR) is 96.0 cm³/mol. The van der Waals surface area contributed by atoms with E-state index in [2.05, 4.69) is 6.07 Å². The number of hydrogen-bond acceptors (Lipinski definition) is 3. The average molecular weight is 326 g/mol. The Hall–Kier alpha value is -3.58. The molecule has 0 spiro atoms. The minimum absolute atomic E-state index is 0.117. The van der Waals surface area contributed by atoms with E-state index < -0.39 is 0 Å². The normalized spacial score (nSPS) is 10.7. The summed E-state index contributed by atoms with van der Waals surface area (Å²) < 4.78 is 7.06. The molecule has 0 amide bonds. The van der Waals surface area contributed by atoms with Crippen LogP contribution in [0.15, 0.2) is 66.9 Å². The maximum Gasteiger partial charge on any atom is 0.195 e. The van der Waals surface area contributed by atoms with E-state index in [1.165, 1.54) is 0 Å². The highest BCUT2D eigenvalue weighted by Crippen LogP contribution is 2.27. The van der Waals surface area contributed by atoms with E-state index in [9.17, 15) is 10.1 Å². The van der Waals surface area contributed by atoms with E-state index >= 15 is 0 Å². The van der Waals surface area contributed by atoms with Gasteiger partial charge in [-0.2, -0.15) is 5.26 Å². The van der Waals surface area contributed by atoms with Crippen LogP contribution in [-0.2, 0) is 0 Å². The number of aromatic nitrogens is 1. The highest BCUT2D eigenvalue weighted by molar-refractivity contribution is 6.15. The summed E-state index contributed by atoms with van der Waals surface area (Å²) in [5.74, 6) is 0.578. The van der Waals surface area contributed by atoms with Gasteiger partial charge in [-0.1, -0.05) is 18.2 Å². The van der Waals surface area contributed by atoms with Crippen LogP contribution in [-0.4, -0.2) is 17.3 Å². The van der Waals surface area contributed by atoms with Gasteiger partial charge < -0.3 is 9.14 Å². The lowest BCUT2D eigenvalue weighted by molar-refractivity contribution is 0.104. The number of benzene rings is 2. The molecule has 0 aliphatic heterocycles. The maximum atomic E-state index is 13.1. The lowest BCUT2D eigenvalue weighted by atomic mass is 9.99. The average Bonchev–Trinajstić information content (AvgIpc) is 3.11. The molecule has 0 atom stereocenters. The van der Waals surface area contributed by atoms with Crippen LogP contribution in [0.4, 0.5) is 0 Å². The number of fused-ring (bicyclic) bond motifs is 3. The first kappa shape index (κ1) is 15.0. The van der Waals surface area contributed by atoms with Crippen LogP contribution in [0.5, 0.6) is 5.75 Å². The first-order valence-electron chi connectivity index (χ1n) is 7.84. The SMILES string of the molecule is COc1ccc(C(=O)c2cc3ccccc3n3ccc(C#N)c23)cc1. The van der Waals surface area contributed by atoms with Gasteiger partial charge in [0.05, 0.1) is 23.7 Å². The van der Waals surface area contributed by atoms with E-state index in [0.29, 0.717) is 28.0 Å². The Balaban J connectivity index is 1.99. The molecule has 0 N–H and O–H groups in total. The van der Waals surface area contributed by atoms with Gasteiger partial charge in [-0.15, -0.1) is 0 Å². The van der Waals surface area contributed by atoms with Gasteiger partial charge in [0.25, 0.3) is 0 Å². The summed E-state index contributed by atoms with van der Waals surface area (Å²) in [6, 6.07) is 20.6. The highest BCUT2D eigenvalue weighted by Gasteiger charge is 2.18. The molecule has 4 rings (SSSR count). The summed E-state index contributed by atoms with van der Waals surface area (Å²) in [5.41, 5.74) is 3.17. The van der Waals surface area contributed by atoms with Crippen molar-refractivity contribution in [2.75, 3.05) is 7.11 Å². The van der Waals surface area contributed by atoms with Crippen LogP contribution < -0.4 is 4.74 Å². The molecule has 0 aliphatic carbocycles. The van der Waals surface area contributed by atoms with E-state index in [1.807, 2.05) is 40.9 Å². The summed E-state index contributed by atoms with van der Waals surface area (Å²) in [4.78, 5) is 13.1. The van der Waals surface area contributed by atoms with Gasteiger partial charge in [0.15, 0.2) is 5.78 Å². The molecule has 4 heteroatoms. The van der Waals surface area contributed by atoms with Gasteiger partial charge in [0.2, 0.25) is 0 Å². The number of pyridine rings is 1. The quantitative estimate of drug-likeness (QED) is 0.530. The van der Waals surface area contributed by atoms with Crippen LogP contribution >= 0.6 is 0 Å². The zero-order chi connectivity index (χ0) is 17.4. The second-order valence-corrected chi connectivity index (χ2v) is 5.73. The van der Waals surface area contributed by atoms with Gasteiger partial charge in [-0.3, -0.25) is 4.79 Å². The summed E-state index contributed by atoms with van der Waals surface area (Å²) in [5, 5.41) is 10.4. The van der Waals surface area contributed by atoms with E-state index in [-0.39, 0.29) is 5.78 Å². The number of methoxy groups -OCH3 is 1. The van der Waals surface area contributed by atoms with Crippen LogP contribution in [0.25, 0.3) is 16.4 Å². The monoisotopic (exact) mass is 326 g/mol. The Morgan fingerprint density at radius 2 is 1.84 bits per heavy atom. The van der Waals surface area contributed by atoms with Crippen molar-refractivity contribution in [3.63, 3.8) is 0 Å². The molecule has 25 heavy (non-hydrogen) atoms. The molecule has 0 radical (unpaired) electrons. The van der Waals surface area contributed by atoms with Crippen LogP contribution in [0.2, 0.25) is 0 Å². The lowest BCUT2D eigenvalue weighted by Gasteiger charge is -2.10. The Morgan fingerprint density at radius 3 is 2.56 bits per heavy atom.